The van der Waals surface area contributed by atoms with Gasteiger partial charge in [-0.3, -0.25) is 14.5 Å². The van der Waals surface area contributed by atoms with Gasteiger partial charge >= 0.3 is 0 Å². The second kappa shape index (κ2) is 7.08. The van der Waals surface area contributed by atoms with Crippen LogP contribution >= 0.6 is 0 Å². The van der Waals surface area contributed by atoms with Crippen LogP contribution in [0.2, 0.25) is 0 Å². The number of benzene rings is 3. The maximum absolute atomic E-state index is 12.9. The Kier molecular flexibility index (Phi) is 4.25. The van der Waals surface area contributed by atoms with Gasteiger partial charge in [-0.1, -0.05) is 36.4 Å². The van der Waals surface area contributed by atoms with Gasteiger partial charge in [0.2, 0.25) is 0 Å². The first-order valence-corrected chi connectivity index (χ1v) is 9.61. The summed E-state index contributed by atoms with van der Waals surface area (Å²) in [4.78, 5) is 27.1. The van der Waals surface area contributed by atoms with E-state index in [1.807, 2.05) is 54.6 Å². The summed E-state index contributed by atoms with van der Waals surface area (Å²) in [5.41, 5.74) is 2.01. The molecule has 30 heavy (non-hydrogen) atoms. The number of ether oxygens (including phenoxy) is 1. The summed E-state index contributed by atoms with van der Waals surface area (Å²) in [5.74, 6) is 0.0417. The van der Waals surface area contributed by atoms with E-state index in [2.05, 4.69) is 5.32 Å². The zero-order chi connectivity index (χ0) is 20.7. The lowest BCUT2D eigenvalue weighted by Gasteiger charge is -2.17. The molecule has 0 spiro atoms. The molecule has 0 fully saturated rings. The Hall–Kier alpha value is -4.06. The van der Waals surface area contributed by atoms with E-state index in [1.54, 1.807) is 24.3 Å². The number of aliphatic hydroxyl groups is 1. The Morgan fingerprint density at radius 2 is 1.60 bits per heavy atom. The fourth-order valence-electron chi connectivity index (χ4n) is 3.89. The van der Waals surface area contributed by atoms with E-state index < -0.39 is 17.9 Å². The minimum absolute atomic E-state index is 0.183. The number of hydrogen-bond acceptors (Lipinski definition) is 4. The van der Waals surface area contributed by atoms with Gasteiger partial charge in [-0.25, -0.2) is 0 Å². The summed E-state index contributed by atoms with van der Waals surface area (Å²) >= 11 is 0. The fourth-order valence-corrected chi connectivity index (χ4v) is 3.89. The first-order valence-electron chi connectivity index (χ1n) is 9.61. The van der Waals surface area contributed by atoms with Gasteiger partial charge in [0.05, 0.1) is 6.04 Å². The summed E-state index contributed by atoms with van der Waals surface area (Å²) < 4.78 is 5.73. The molecule has 6 nitrogen and oxygen atoms in total. The number of hydrogen-bond donors (Lipinski definition) is 2. The number of para-hydroxylation sites is 2. The third-order valence-electron chi connectivity index (χ3n) is 5.30. The lowest BCUT2D eigenvalue weighted by atomic mass is 10.1. The summed E-state index contributed by atoms with van der Waals surface area (Å²) in [6.07, 6.45) is 0.496. The third-order valence-corrected chi connectivity index (χ3v) is 5.30. The number of nitrogens with zero attached hydrogens (tertiary/aromatic N) is 1. The van der Waals surface area contributed by atoms with E-state index in [4.69, 9.17) is 4.74 Å². The molecule has 1 atom stereocenters. The van der Waals surface area contributed by atoms with Crippen molar-refractivity contribution < 1.29 is 19.4 Å². The van der Waals surface area contributed by atoms with Gasteiger partial charge in [0.15, 0.2) is 0 Å². The van der Waals surface area contributed by atoms with Crippen molar-refractivity contribution in [1.29, 1.82) is 0 Å². The Balaban J connectivity index is 1.31. The van der Waals surface area contributed by atoms with Gasteiger partial charge in [0, 0.05) is 17.8 Å². The number of amides is 2. The number of nitrogens with one attached hydrogen (secondary N) is 1. The lowest BCUT2D eigenvalue weighted by molar-refractivity contribution is -0.119. The highest BCUT2D eigenvalue weighted by Gasteiger charge is 2.47. The highest BCUT2D eigenvalue weighted by atomic mass is 16.5. The minimum Gasteiger partial charge on any atom is -0.509 e. The summed E-state index contributed by atoms with van der Waals surface area (Å²) in [7, 11) is 0. The van der Waals surface area contributed by atoms with Crippen LogP contribution in [0.15, 0.2) is 90.2 Å². The molecule has 0 saturated heterocycles. The molecule has 2 amide bonds. The SMILES string of the molecule is O=C(Nc1ccc(Oc2ccccc2)cc1)C1=C(O)C2Cc3ccccc3N2C1=O. The van der Waals surface area contributed by atoms with E-state index in [1.165, 1.54) is 4.90 Å². The number of carbonyl (C=O) groups is 2. The van der Waals surface area contributed by atoms with Crippen molar-refractivity contribution in [3.8, 4) is 11.5 Å². The maximum atomic E-state index is 12.9. The molecule has 6 heteroatoms. The van der Waals surface area contributed by atoms with Gasteiger partial charge in [-0.15, -0.1) is 0 Å². The Morgan fingerprint density at radius 1 is 0.933 bits per heavy atom. The number of aliphatic hydroxyl groups excluding tert-OH is 1. The molecule has 0 aliphatic carbocycles. The van der Waals surface area contributed by atoms with Gasteiger partial charge in [-0.05, 0) is 48.0 Å². The van der Waals surface area contributed by atoms with Crippen LogP contribution in [0.5, 0.6) is 11.5 Å². The zero-order valence-corrected chi connectivity index (χ0v) is 15.9. The van der Waals surface area contributed by atoms with Crippen molar-refractivity contribution in [2.45, 2.75) is 12.5 Å². The second-order valence-electron chi connectivity index (χ2n) is 7.18. The maximum Gasteiger partial charge on any atom is 0.268 e. The molecule has 0 bridgehead atoms. The third kappa shape index (κ3) is 2.99. The van der Waals surface area contributed by atoms with Crippen LogP contribution in [0, 0.1) is 0 Å². The molecule has 1 unspecified atom stereocenters. The molecule has 148 valence electrons. The molecule has 5 rings (SSSR count). The number of fused-ring (bicyclic) bond motifs is 3. The normalized spacial score (nSPS) is 17.0. The lowest BCUT2D eigenvalue weighted by Crippen LogP contribution is -2.33. The van der Waals surface area contributed by atoms with Crippen LogP contribution in [-0.4, -0.2) is 23.0 Å². The van der Waals surface area contributed by atoms with Crippen molar-refractivity contribution in [3.63, 3.8) is 0 Å². The minimum atomic E-state index is -0.624. The highest BCUT2D eigenvalue weighted by Crippen LogP contribution is 2.40. The van der Waals surface area contributed by atoms with E-state index in [9.17, 15) is 14.7 Å². The van der Waals surface area contributed by atoms with E-state index in [0.717, 1.165) is 11.3 Å². The standard InChI is InChI=1S/C24H18N2O4/c27-22-20-14-15-6-4-5-9-19(15)26(20)24(29)21(22)23(28)25-16-10-12-18(13-11-16)30-17-7-2-1-3-8-17/h1-13,20,27H,14H2,(H,25,28). The van der Waals surface area contributed by atoms with E-state index >= 15 is 0 Å². The van der Waals surface area contributed by atoms with Crippen LogP contribution in [-0.2, 0) is 16.0 Å². The first kappa shape index (κ1) is 18.0. The largest absolute Gasteiger partial charge is 0.509 e. The van der Waals surface area contributed by atoms with Crippen LogP contribution in [0.1, 0.15) is 5.56 Å². The molecule has 2 N–H and O–H groups in total. The molecule has 3 aromatic carbocycles. The molecule has 0 aromatic heterocycles. The molecule has 3 aromatic rings. The van der Waals surface area contributed by atoms with Crippen molar-refractivity contribution in [3.05, 3.63) is 95.8 Å². The molecule has 2 aliphatic rings. The van der Waals surface area contributed by atoms with Crippen LogP contribution in [0.3, 0.4) is 0 Å². The molecule has 2 heterocycles. The number of anilines is 2. The van der Waals surface area contributed by atoms with Gasteiger partial charge in [0.1, 0.15) is 22.8 Å². The molecule has 0 saturated carbocycles. The molecular formula is C24H18N2O4. The average Bonchev–Trinajstić information content (AvgIpc) is 3.26. The smallest absolute Gasteiger partial charge is 0.268 e. The van der Waals surface area contributed by atoms with Crippen LogP contribution in [0.4, 0.5) is 11.4 Å². The zero-order valence-electron chi connectivity index (χ0n) is 15.9. The predicted octanol–water partition coefficient (Wildman–Crippen LogP) is 4.20. The monoisotopic (exact) mass is 398 g/mol. The van der Waals surface area contributed by atoms with E-state index in [-0.39, 0.29) is 11.3 Å². The van der Waals surface area contributed by atoms with Crippen molar-refractivity contribution in [1.82, 2.24) is 0 Å². The Bertz CT molecular complexity index is 1170. The molecule has 0 radical (unpaired) electrons. The van der Waals surface area contributed by atoms with Gasteiger partial charge < -0.3 is 15.2 Å². The van der Waals surface area contributed by atoms with Crippen molar-refractivity contribution in [2.24, 2.45) is 0 Å². The van der Waals surface area contributed by atoms with Crippen LogP contribution < -0.4 is 15.0 Å². The van der Waals surface area contributed by atoms with Crippen molar-refractivity contribution in [2.75, 3.05) is 10.2 Å². The number of carbonyl (C=O) groups excluding carboxylic acids is 2. The van der Waals surface area contributed by atoms with E-state index in [0.29, 0.717) is 23.6 Å². The summed E-state index contributed by atoms with van der Waals surface area (Å²) in [5, 5.41) is 13.3. The van der Waals surface area contributed by atoms with Gasteiger partial charge in [-0.2, -0.15) is 0 Å². The van der Waals surface area contributed by atoms with Crippen LogP contribution in [0.25, 0.3) is 0 Å². The molecule has 2 aliphatic heterocycles. The average molecular weight is 398 g/mol. The predicted molar refractivity (Wildman–Crippen MR) is 113 cm³/mol. The van der Waals surface area contributed by atoms with Crippen molar-refractivity contribution >= 4 is 23.2 Å². The van der Waals surface area contributed by atoms with Gasteiger partial charge in [0.25, 0.3) is 11.8 Å². The first-order chi connectivity index (χ1) is 14.6. The Labute approximate surface area is 173 Å². The topological polar surface area (TPSA) is 78.9 Å². The summed E-state index contributed by atoms with van der Waals surface area (Å²) in [6, 6.07) is 23.1. The quantitative estimate of drug-likeness (QED) is 0.646. The second-order valence-corrected chi connectivity index (χ2v) is 7.18. The number of rotatable bonds is 4. The fraction of sp³-hybridized carbons (Fsp3) is 0.0833. The Morgan fingerprint density at radius 3 is 2.37 bits per heavy atom. The summed E-state index contributed by atoms with van der Waals surface area (Å²) in [6.45, 7) is 0. The highest BCUT2D eigenvalue weighted by molar-refractivity contribution is 6.30. The molecular weight excluding hydrogens is 380 g/mol.